The molecule has 112 valence electrons. The Bertz CT molecular complexity index is 788. The van der Waals surface area contributed by atoms with E-state index in [1.807, 2.05) is 0 Å². The first kappa shape index (κ1) is 15.0. The van der Waals surface area contributed by atoms with Gasteiger partial charge in [0, 0.05) is 12.1 Å². The van der Waals surface area contributed by atoms with E-state index in [0.29, 0.717) is 0 Å². The zero-order valence-electron chi connectivity index (χ0n) is 11.3. The van der Waals surface area contributed by atoms with Crippen LogP contribution in [-0.4, -0.2) is 15.0 Å². The number of non-ortho nitro benzene ring substituents is 1. The van der Waals surface area contributed by atoms with E-state index in [1.165, 1.54) is 12.1 Å². The Morgan fingerprint density at radius 2 is 1.64 bits per heavy atom. The van der Waals surface area contributed by atoms with Crippen molar-refractivity contribution in [1.29, 1.82) is 0 Å². The fourth-order valence-electron chi connectivity index (χ4n) is 1.68. The highest BCUT2D eigenvalue weighted by Crippen LogP contribution is 2.34. The minimum absolute atomic E-state index is 0.112. The van der Waals surface area contributed by atoms with E-state index in [0.717, 1.165) is 23.8 Å². The topological polar surface area (TPSA) is 131 Å². The van der Waals surface area contributed by atoms with Crippen molar-refractivity contribution in [3.63, 3.8) is 0 Å². The molecule has 9 nitrogen and oxygen atoms in total. The van der Waals surface area contributed by atoms with Gasteiger partial charge in [0.1, 0.15) is 11.4 Å². The van der Waals surface area contributed by atoms with Gasteiger partial charge in [-0.1, -0.05) is 6.07 Å². The van der Waals surface area contributed by atoms with Crippen LogP contribution in [-0.2, 0) is 0 Å². The van der Waals surface area contributed by atoms with Crippen LogP contribution in [0.25, 0.3) is 0 Å². The summed E-state index contributed by atoms with van der Waals surface area (Å²) in [6.45, 7) is 1.77. The Kier molecular flexibility index (Phi) is 4.07. The van der Waals surface area contributed by atoms with Crippen LogP contribution in [0.4, 0.5) is 22.7 Å². The van der Waals surface area contributed by atoms with Crippen molar-refractivity contribution in [3.8, 4) is 5.75 Å². The molecule has 0 aromatic heterocycles. The highest BCUT2D eigenvalue weighted by molar-refractivity contribution is 5.62. The highest BCUT2D eigenvalue weighted by Gasteiger charge is 2.18. The molecule has 0 spiro atoms. The van der Waals surface area contributed by atoms with E-state index in [2.05, 4.69) is 10.2 Å². The van der Waals surface area contributed by atoms with Crippen LogP contribution in [0.3, 0.4) is 0 Å². The predicted molar refractivity (Wildman–Crippen MR) is 76.8 cm³/mol. The van der Waals surface area contributed by atoms with Gasteiger partial charge in [0.25, 0.3) is 11.4 Å². The smallest absolute Gasteiger partial charge is 0.297 e. The normalized spacial score (nSPS) is 10.8. The molecule has 2 aromatic rings. The van der Waals surface area contributed by atoms with Crippen molar-refractivity contribution in [2.45, 2.75) is 6.92 Å². The van der Waals surface area contributed by atoms with Crippen LogP contribution in [0, 0.1) is 27.2 Å². The molecule has 0 radical (unpaired) electrons. The van der Waals surface area contributed by atoms with Crippen molar-refractivity contribution in [3.05, 3.63) is 62.2 Å². The molecular weight excluding hydrogens is 292 g/mol. The Morgan fingerprint density at radius 1 is 0.955 bits per heavy atom. The Labute approximate surface area is 123 Å². The number of benzene rings is 2. The summed E-state index contributed by atoms with van der Waals surface area (Å²) in [6, 6.07) is 7.55. The van der Waals surface area contributed by atoms with Gasteiger partial charge in [-0.05, 0) is 24.6 Å². The first-order chi connectivity index (χ1) is 10.4. The van der Waals surface area contributed by atoms with Gasteiger partial charge in [-0.15, -0.1) is 10.2 Å². The van der Waals surface area contributed by atoms with Crippen LogP contribution >= 0.6 is 0 Å². The minimum atomic E-state index is -0.714. The number of hydrogen-bond donors (Lipinski definition) is 1. The van der Waals surface area contributed by atoms with Gasteiger partial charge in [0.15, 0.2) is 5.69 Å². The summed E-state index contributed by atoms with van der Waals surface area (Å²) in [5.74, 6) is -0.151. The molecule has 0 saturated carbocycles. The van der Waals surface area contributed by atoms with Gasteiger partial charge in [-0.2, -0.15) is 0 Å². The third-order valence-corrected chi connectivity index (χ3v) is 2.76. The van der Waals surface area contributed by atoms with Gasteiger partial charge in [0.05, 0.1) is 15.9 Å². The molecule has 0 atom stereocenters. The molecule has 1 N–H and O–H groups in total. The Balaban J connectivity index is 2.48. The third kappa shape index (κ3) is 3.20. The lowest BCUT2D eigenvalue weighted by Crippen LogP contribution is -1.91. The van der Waals surface area contributed by atoms with E-state index in [1.54, 1.807) is 13.0 Å². The molecule has 0 bridgehead atoms. The maximum Gasteiger partial charge on any atom is 0.297 e. The fourth-order valence-corrected chi connectivity index (χ4v) is 1.68. The maximum atomic E-state index is 10.9. The number of aryl methyl sites for hydroxylation is 1. The van der Waals surface area contributed by atoms with E-state index in [9.17, 15) is 25.3 Å². The number of nitro groups is 2. The summed E-state index contributed by atoms with van der Waals surface area (Å²) >= 11 is 0. The third-order valence-electron chi connectivity index (χ3n) is 2.76. The second kappa shape index (κ2) is 5.95. The molecule has 0 heterocycles. The van der Waals surface area contributed by atoms with Crippen molar-refractivity contribution in [2.24, 2.45) is 10.2 Å². The molecule has 0 amide bonds. The van der Waals surface area contributed by atoms with Crippen molar-refractivity contribution >= 4 is 22.7 Å². The molecular formula is C13H10N4O5. The lowest BCUT2D eigenvalue weighted by molar-refractivity contribution is -0.388. The van der Waals surface area contributed by atoms with Crippen molar-refractivity contribution in [1.82, 2.24) is 0 Å². The molecule has 0 fully saturated rings. The van der Waals surface area contributed by atoms with E-state index in [-0.39, 0.29) is 22.8 Å². The van der Waals surface area contributed by atoms with E-state index >= 15 is 0 Å². The van der Waals surface area contributed by atoms with Gasteiger partial charge >= 0.3 is 0 Å². The number of phenolic OH excluding ortho intramolecular Hbond substituents is 1. The van der Waals surface area contributed by atoms with Crippen LogP contribution in [0.2, 0.25) is 0 Å². The first-order valence-corrected chi connectivity index (χ1v) is 6.02. The quantitative estimate of drug-likeness (QED) is 0.519. The highest BCUT2D eigenvalue weighted by atomic mass is 16.6. The monoisotopic (exact) mass is 302 g/mol. The lowest BCUT2D eigenvalue weighted by Gasteiger charge is -2.00. The molecule has 0 unspecified atom stereocenters. The van der Waals surface area contributed by atoms with Crippen LogP contribution in [0.15, 0.2) is 46.6 Å². The van der Waals surface area contributed by atoms with Crippen LogP contribution in [0.1, 0.15) is 5.56 Å². The average molecular weight is 302 g/mol. The van der Waals surface area contributed by atoms with Gasteiger partial charge in [0.2, 0.25) is 0 Å². The lowest BCUT2D eigenvalue weighted by atomic mass is 10.2. The van der Waals surface area contributed by atoms with Crippen molar-refractivity contribution in [2.75, 3.05) is 0 Å². The largest absolute Gasteiger partial charge is 0.506 e. The molecule has 0 aliphatic heterocycles. The number of nitrogens with zero attached hydrogens (tertiary/aromatic N) is 4. The number of phenols is 1. The van der Waals surface area contributed by atoms with Crippen LogP contribution in [0.5, 0.6) is 5.75 Å². The number of nitro benzene ring substituents is 2. The molecule has 0 aliphatic carbocycles. The van der Waals surface area contributed by atoms with E-state index < -0.39 is 15.5 Å². The Hall–Kier alpha value is -3.36. The first-order valence-electron chi connectivity index (χ1n) is 6.02. The summed E-state index contributed by atoms with van der Waals surface area (Å²) in [5.41, 5.74) is -0.101. The maximum absolute atomic E-state index is 10.9. The molecule has 0 saturated heterocycles. The second-order valence-electron chi connectivity index (χ2n) is 4.38. The summed E-state index contributed by atoms with van der Waals surface area (Å²) in [6.07, 6.45) is 0. The second-order valence-corrected chi connectivity index (χ2v) is 4.38. The van der Waals surface area contributed by atoms with E-state index in [4.69, 9.17) is 0 Å². The zero-order valence-corrected chi connectivity index (χ0v) is 11.3. The van der Waals surface area contributed by atoms with Gasteiger partial charge in [-0.25, -0.2) is 0 Å². The van der Waals surface area contributed by atoms with Gasteiger partial charge < -0.3 is 5.11 Å². The minimum Gasteiger partial charge on any atom is -0.506 e. The molecule has 2 rings (SSSR count). The average Bonchev–Trinajstić information content (AvgIpc) is 2.47. The number of aromatic hydroxyl groups is 1. The molecule has 2 aromatic carbocycles. The summed E-state index contributed by atoms with van der Waals surface area (Å²) < 4.78 is 0. The Morgan fingerprint density at radius 3 is 2.27 bits per heavy atom. The zero-order chi connectivity index (χ0) is 16.3. The predicted octanol–water partition coefficient (Wildman–Crippen LogP) is 3.93. The standard InChI is InChI=1S/C13H10N4O5/c1-8-2-5-13(18)11(6-8)15-14-10-7-9(16(19)20)3-4-12(10)17(21)22/h2-7,18H,1H3. The number of rotatable bonds is 4. The van der Waals surface area contributed by atoms with Gasteiger partial charge in [-0.3, -0.25) is 20.2 Å². The number of azo groups is 1. The molecule has 22 heavy (non-hydrogen) atoms. The summed E-state index contributed by atoms with van der Waals surface area (Å²) in [7, 11) is 0. The fraction of sp³-hybridized carbons (Fsp3) is 0.0769. The number of hydrogen-bond acceptors (Lipinski definition) is 7. The SMILES string of the molecule is Cc1ccc(O)c(N=Nc2cc([N+](=O)[O-])ccc2[N+](=O)[O-])c1. The van der Waals surface area contributed by atoms with Crippen molar-refractivity contribution < 1.29 is 15.0 Å². The molecule has 0 aliphatic rings. The van der Waals surface area contributed by atoms with Crippen LogP contribution < -0.4 is 0 Å². The molecule has 9 heteroatoms. The summed E-state index contributed by atoms with van der Waals surface area (Å²) in [5, 5.41) is 38.7. The summed E-state index contributed by atoms with van der Waals surface area (Å²) in [4.78, 5) is 20.2.